The minimum Gasteiger partial charge on any atom is -0.497 e. The number of methoxy groups -OCH3 is 1. The molecule has 0 heterocycles. The van der Waals surface area contributed by atoms with Crippen LogP contribution in [-0.4, -0.2) is 7.11 Å². The average Bonchev–Trinajstić information content (AvgIpc) is 2.46. The summed E-state index contributed by atoms with van der Waals surface area (Å²) in [5.74, 6) is 1.40. The standard InChI is InChI=1S/C17H20O/c1-3-8-17(14-9-5-4-6-10-14)15-11-7-12-16(13-15)18-2/h4-7,9-13,17H,3,8H2,1-2H3/t17-/m0/s1. The summed E-state index contributed by atoms with van der Waals surface area (Å²) in [6.45, 7) is 2.23. The number of ether oxygens (including phenoxy) is 1. The van der Waals surface area contributed by atoms with Gasteiger partial charge in [-0.2, -0.15) is 0 Å². The van der Waals surface area contributed by atoms with Crippen molar-refractivity contribution >= 4 is 0 Å². The van der Waals surface area contributed by atoms with E-state index in [1.807, 2.05) is 6.07 Å². The van der Waals surface area contributed by atoms with Crippen LogP contribution in [0.2, 0.25) is 0 Å². The zero-order valence-electron chi connectivity index (χ0n) is 11.1. The molecule has 0 bridgehead atoms. The lowest BCUT2D eigenvalue weighted by Crippen LogP contribution is -2.01. The molecule has 0 spiro atoms. The number of rotatable bonds is 5. The van der Waals surface area contributed by atoms with E-state index in [9.17, 15) is 0 Å². The first-order valence-corrected chi connectivity index (χ1v) is 6.54. The zero-order chi connectivity index (χ0) is 12.8. The molecule has 18 heavy (non-hydrogen) atoms. The van der Waals surface area contributed by atoms with Gasteiger partial charge in [-0.3, -0.25) is 0 Å². The Morgan fingerprint density at radius 1 is 0.944 bits per heavy atom. The van der Waals surface area contributed by atoms with Crippen molar-refractivity contribution in [3.8, 4) is 5.75 Å². The molecule has 0 radical (unpaired) electrons. The molecule has 1 heteroatoms. The molecule has 2 aromatic rings. The normalized spacial score (nSPS) is 12.1. The van der Waals surface area contributed by atoms with Crippen LogP contribution in [0.3, 0.4) is 0 Å². The summed E-state index contributed by atoms with van der Waals surface area (Å²) in [7, 11) is 1.72. The van der Waals surface area contributed by atoms with Crippen molar-refractivity contribution in [1.29, 1.82) is 0 Å². The average molecular weight is 240 g/mol. The third-order valence-corrected chi connectivity index (χ3v) is 3.28. The van der Waals surface area contributed by atoms with Crippen LogP contribution in [0.5, 0.6) is 5.75 Å². The number of hydrogen-bond acceptors (Lipinski definition) is 1. The van der Waals surface area contributed by atoms with E-state index in [2.05, 4.69) is 55.5 Å². The molecule has 0 saturated heterocycles. The summed E-state index contributed by atoms with van der Waals surface area (Å²) in [5.41, 5.74) is 2.72. The molecule has 0 aromatic heterocycles. The van der Waals surface area contributed by atoms with Crippen LogP contribution in [0, 0.1) is 0 Å². The minimum absolute atomic E-state index is 0.464. The molecule has 94 valence electrons. The van der Waals surface area contributed by atoms with Crippen LogP contribution in [-0.2, 0) is 0 Å². The molecule has 0 unspecified atom stereocenters. The first kappa shape index (κ1) is 12.7. The molecule has 2 rings (SSSR count). The molecule has 0 saturated carbocycles. The summed E-state index contributed by atoms with van der Waals surface area (Å²) >= 11 is 0. The van der Waals surface area contributed by atoms with E-state index < -0.39 is 0 Å². The highest BCUT2D eigenvalue weighted by atomic mass is 16.5. The lowest BCUT2D eigenvalue weighted by atomic mass is 9.87. The Balaban J connectivity index is 2.35. The Morgan fingerprint density at radius 2 is 1.67 bits per heavy atom. The first-order chi connectivity index (χ1) is 8.85. The third-order valence-electron chi connectivity index (χ3n) is 3.28. The van der Waals surface area contributed by atoms with Gasteiger partial charge >= 0.3 is 0 Å². The number of benzene rings is 2. The van der Waals surface area contributed by atoms with Crippen molar-refractivity contribution in [2.45, 2.75) is 25.7 Å². The Morgan fingerprint density at radius 3 is 2.33 bits per heavy atom. The van der Waals surface area contributed by atoms with Gasteiger partial charge in [-0.1, -0.05) is 55.8 Å². The molecule has 0 aliphatic rings. The monoisotopic (exact) mass is 240 g/mol. The van der Waals surface area contributed by atoms with E-state index in [1.165, 1.54) is 17.5 Å². The van der Waals surface area contributed by atoms with Crippen LogP contribution in [0.15, 0.2) is 54.6 Å². The van der Waals surface area contributed by atoms with Crippen molar-refractivity contribution in [2.75, 3.05) is 7.11 Å². The highest BCUT2D eigenvalue weighted by Crippen LogP contribution is 2.30. The Hall–Kier alpha value is -1.76. The van der Waals surface area contributed by atoms with Crippen LogP contribution in [0.4, 0.5) is 0 Å². The zero-order valence-corrected chi connectivity index (χ0v) is 11.1. The van der Waals surface area contributed by atoms with Crippen LogP contribution < -0.4 is 4.74 Å². The molecule has 1 atom stereocenters. The van der Waals surface area contributed by atoms with Gasteiger partial charge in [-0.15, -0.1) is 0 Å². The van der Waals surface area contributed by atoms with Crippen molar-refractivity contribution in [2.24, 2.45) is 0 Å². The first-order valence-electron chi connectivity index (χ1n) is 6.54. The smallest absolute Gasteiger partial charge is 0.119 e. The maximum absolute atomic E-state index is 5.32. The van der Waals surface area contributed by atoms with Crippen LogP contribution in [0.1, 0.15) is 36.8 Å². The van der Waals surface area contributed by atoms with Crippen molar-refractivity contribution < 1.29 is 4.74 Å². The maximum atomic E-state index is 5.32. The molecule has 0 fully saturated rings. The van der Waals surface area contributed by atoms with Gasteiger partial charge in [0.15, 0.2) is 0 Å². The maximum Gasteiger partial charge on any atom is 0.119 e. The molecule has 0 aliphatic carbocycles. The fourth-order valence-electron chi connectivity index (χ4n) is 2.36. The SMILES string of the molecule is CCC[C@@H](c1ccccc1)c1cccc(OC)c1. The van der Waals surface area contributed by atoms with E-state index in [0.29, 0.717) is 5.92 Å². The molecule has 0 aliphatic heterocycles. The van der Waals surface area contributed by atoms with Gasteiger partial charge in [0.25, 0.3) is 0 Å². The van der Waals surface area contributed by atoms with E-state index in [-0.39, 0.29) is 0 Å². The van der Waals surface area contributed by atoms with E-state index in [0.717, 1.165) is 12.2 Å². The van der Waals surface area contributed by atoms with E-state index in [4.69, 9.17) is 4.74 Å². The summed E-state index contributed by atoms with van der Waals surface area (Å²) in [5, 5.41) is 0. The molecular weight excluding hydrogens is 220 g/mol. The van der Waals surface area contributed by atoms with Crippen LogP contribution >= 0.6 is 0 Å². The van der Waals surface area contributed by atoms with Crippen molar-refractivity contribution in [1.82, 2.24) is 0 Å². The van der Waals surface area contributed by atoms with Crippen molar-refractivity contribution in [3.05, 3.63) is 65.7 Å². The van der Waals surface area contributed by atoms with Gasteiger partial charge < -0.3 is 4.74 Å². The predicted molar refractivity (Wildman–Crippen MR) is 76.2 cm³/mol. The highest BCUT2D eigenvalue weighted by Gasteiger charge is 2.13. The molecule has 0 amide bonds. The predicted octanol–water partition coefficient (Wildman–Crippen LogP) is 4.63. The Labute approximate surface area is 109 Å². The van der Waals surface area contributed by atoms with Gasteiger partial charge in [0.05, 0.1) is 7.11 Å². The number of hydrogen-bond donors (Lipinski definition) is 0. The molecular formula is C17H20O. The van der Waals surface area contributed by atoms with Crippen LogP contribution in [0.25, 0.3) is 0 Å². The fourth-order valence-corrected chi connectivity index (χ4v) is 2.36. The largest absolute Gasteiger partial charge is 0.497 e. The van der Waals surface area contributed by atoms with Gasteiger partial charge in [0.2, 0.25) is 0 Å². The summed E-state index contributed by atoms with van der Waals surface area (Å²) in [6.07, 6.45) is 2.34. The Bertz CT molecular complexity index is 476. The summed E-state index contributed by atoms with van der Waals surface area (Å²) in [6, 6.07) is 19.1. The quantitative estimate of drug-likeness (QED) is 0.740. The topological polar surface area (TPSA) is 9.23 Å². The van der Waals surface area contributed by atoms with Crippen molar-refractivity contribution in [3.63, 3.8) is 0 Å². The second-order valence-electron chi connectivity index (χ2n) is 4.53. The highest BCUT2D eigenvalue weighted by molar-refractivity contribution is 5.37. The van der Waals surface area contributed by atoms with Gasteiger partial charge in [-0.25, -0.2) is 0 Å². The van der Waals surface area contributed by atoms with E-state index >= 15 is 0 Å². The van der Waals surface area contributed by atoms with Gasteiger partial charge in [0, 0.05) is 5.92 Å². The fraction of sp³-hybridized carbons (Fsp3) is 0.294. The van der Waals surface area contributed by atoms with E-state index in [1.54, 1.807) is 7.11 Å². The summed E-state index contributed by atoms with van der Waals surface area (Å²) < 4.78 is 5.32. The van der Waals surface area contributed by atoms with Gasteiger partial charge in [0.1, 0.15) is 5.75 Å². The Kier molecular flexibility index (Phi) is 4.40. The molecule has 2 aromatic carbocycles. The lowest BCUT2D eigenvalue weighted by molar-refractivity contribution is 0.414. The molecule has 0 N–H and O–H groups in total. The second-order valence-corrected chi connectivity index (χ2v) is 4.53. The summed E-state index contributed by atoms with van der Waals surface area (Å²) in [4.78, 5) is 0. The van der Waals surface area contributed by atoms with Gasteiger partial charge in [-0.05, 0) is 29.7 Å². The lowest BCUT2D eigenvalue weighted by Gasteiger charge is -2.18. The second kappa shape index (κ2) is 6.25. The third kappa shape index (κ3) is 2.92. The molecule has 1 nitrogen and oxygen atoms in total. The minimum atomic E-state index is 0.464.